The SMILES string of the molecule is c1ccc(C2=c3c(-c4ccccc4)c(-c4ccccc4)c(-c4ccccc4)c(-c4ccccc4)c3=C(c3ccccc3)C2c2ccc(-c3ccc(C4C(c5ccccc5)=c5c(-c6ccccc6)c(-c6ccccc6)c(-c6ccccc6)c(-c6ccccc6)c5=C4c4ccccc4)cc3)cc2)cc1. The first-order valence-corrected chi connectivity index (χ1v) is 35.6. The fourth-order valence-corrected chi connectivity index (χ4v) is 16.7. The normalized spacial score (nSPS) is 12.7. The van der Waals surface area contributed by atoms with Gasteiger partial charge in [-0.25, -0.2) is 0 Å². The van der Waals surface area contributed by atoms with Crippen LogP contribution in [-0.2, 0) is 0 Å². The highest BCUT2D eigenvalue weighted by atomic mass is 14.4. The quantitative estimate of drug-likeness (QED) is 0.0960. The van der Waals surface area contributed by atoms with Gasteiger partial charge in [0.2, 0.25) is 0 Å². The summed E-state index contributed by atoms with van der Waals surface area (Å²) in [6, 6.07) is 153. The maximum atomic E-state index is 2.42. The molecule has 0 amide bonds. The van der Waals surface area contributed by atoms with E-state index in [0.29, 0.717) is 0 Å². The van der Waals surface area contributed by atoms with Gasteiger partial charge in [-0.3, -0.25) is 0 Å². The summed E-state index contributed by atoms with van der Waals surface area (Å²) in [5.41, 5.74) is 33.9. The minimum absolute atomic E-state index is 0.171. The third kappa shape index (κ3) is 10.9. The molecule has 2 aliphatic rings. The first-order valence-electron chi connectivity index (χ1n) is 35.6. The van der Waals surface area contributed by atoms with Crippen molar-refractivity contribution in [1.29, 1.82) is 0 Å². The zero-order valence-corrected chi connectivity index (χ0v) is 56.4. The van der Waals surface area contributed by atoms with E-state index in [0.717, 1.165) is 11.1 Å². The Morgan fingerprint density at radius 2 is 0.245 bits per heavy atom. The van der Waals surface area contributed by atoms with Crippen LogP contribution >= 0.6 is 0 Å². The first kappa shape index (κ1) is 61.3. The van der Waals surface area contributed by atoms with Crippen molar-refractivity contribution >= 4 is 22.3 Å². The van der Waals surface area contributed by atoms with Gasteiger partial charge < -0.3 is 0 Å². The summed E-state index contributed by atoms with van der Waals surface area (Å²) in [4.78, 5) is 0. The summed E-state index contributed by atoms with van der Waals surface area (Å²) >= 11 is 0. The molecule has 0 heterocycles. The number of hydrogen-bond donors (Lipinski definition) is 0. The van der Waals surface area contributed by atoms with E-state index in [1.165, 1.54) is 166 Å². The van der Waals surface area contributed by atoms with Gasteiger partial charge in [0.25, 0.3) is 0 Å². The highest BCUT2D eigenvalue weighted by Crippen LogP contribution is 2.52. The molecule has 0 spiro atoms. The summed E-state index contributed by atoms with van der Waals surface area (Å²) in [7, 11) is 0. The molecule has 0 aromatic heterocycles. The molecular formula is C102H70. The van der Waals surface area contributed by atoms with E-state index in [1.807, 2.05) is 0 Å². The van der Waals surface area contributed by atoms with Crippen LogP contribution < -0.4 is 20.9 Å². The summed E-state index contributed by atoms with van der Waals surface area (Å²) < 4.78 is 0. The van der Waals surface area contributed by atoms with E-state index in [-0.39, 0.29) is 11.8 Å². The second-order valence-corrected chi connectivity index (χ2v) is 26.7. The Kier molecular flexibility index (Phi) is 16.3. The molecule has 102 heavy (non-hydrogen) atoms. The maximum Gasteiger partial charge on any atom is 0.0364 e. The molecule has 478 valence electrons. The number of benzene rings is 16. The van der Waals surface area contributed by atoms with Crippen LogP contribution in [0.5, 0.6) is 0 Å². The second-order valence-electron chi connectivity index (χ2n) is 26.7. The van der Waals surface area contributed by atoms with Crippen molar-refractivity contribution in [3.8, 4) is 100 Å². The fraction of sp³-hybridized carbons (Fsp3) is 0.0196. The highest BCUT2D eigenvalue weighted by molar-refractivity contribution is 6.09. The van der Waals surface area contributed by atoms with Crippen LogP contribution in [0.25, 0.3) is 122 Å². The first-order chi connectivity index (χ1) is 50.7. The van der Waals surface area contributed by atoms with Gasteiger partial charge in [0, 0.05) is 11.8 Å². The van der Waals surface area contributed by atoms with Gasteiger partial charge in [-0.1, -0.05) is 413 Å². The van der Waals surface area contributed by atoms with Crippen molar-refractivity contribution < 1.29 is 0 Å². The lowest BCUT2D eigenvalue weighted by molar-refractivity contribution is 1.13. The zero-order chi connectivity index (χ0) is 67.7. The van der Waals surface area contributed by atoms with Crippen LogP contribution in [-0.4, -0.2) is 0 Å². The summed E-state index contributed by atoms with van der Waals surface area (Å²) in [6.07, 6.45) is 0. The van der Waals surface area contributed by atoms with E-state index in [2.05, 4.69) is 413 Å². The molecule has 0 atom stereocenters. The van der Waals surface area contributed by atoms with Crippen LogP contribution in [0.4, 0.5) is 0 Å². The third-order valence-electron chi connectivity index (χ3n) is 20.9. The molecule has 16 aromatic carbocycles. The van der Waals surface area contributed by atoms with Crippen molar-refractivity contribution in [2.75, 3.05) is 0 Å². The van der Waals surface area contributed by atoms with Gasteiger partial charge in [-0.05, 0) is 177 Å². The smallest absolute Gasteiger partial charge is 0.0364 e. The largest absolute Gasteiger partial charge is 0.0622 e. The van der Waals surface area contributed by atoms with Crippen molar-refractivity contribution in [1.82, 2.24) is 0 Å². The fourth-order valence-electron chi connectivity index (χ4n) is 16.7. The van der Waals surface area contributed by atoms with Gasteiger partial charge in [0.15, 0.2) is 0 Å². The second kappa shape index (κ2) is 27.0. The maximum absolute atomic E-state index is 2.42. The minimum Gasteiger partial charge on any atom is -0.0622 e. The van der Waals surface area contributed by atoms with E-state index in [4.69, 9.17) is 0 Å². The monoisotopic (exact) mass is 1290 g/mol. The molecule has 0 N–H and O–H groups in total. The zero-order valence-electron chi connectivity index (χ0n) is 56.4. The van der Waals surface area contributed by atoms with Crippen LogP contribution in [0, 0.1) is 0 Å². The molecule has 18 rings (SSSR count). The molecule has 0 heteroatoms. The Labute approximate surface area is 597 Å². The standard InChI is InChI=1S/C102H70/c1-13-37-71(38-14-1)85-86(72-39-15-2-16-40-72)92(76-47-23-6-24-48-76)100-96(80-55-31-10-32-56-80)89(95(79-53-29-9-30-54-79)99(100)91(85)75-45-21-5-22-46-75)83-65-61-69(62-66-83)70-63-67-84(68-64-70)90-97(81-57-33-11-34-58-81)101-93(77-49-25-7-26-50-77)87(73-41-17-3-18-42-73)88(74-43-19-4-20-44-74)94(78-51-27-8-28-52-78)102(101)98(90)82-59-35-12-36-60-82/h1-68,89-90H. The van der Waals surface area contributed by atoms with Crippen molar-refractivity contribution in [3.63, 3.8) is 0 Å². The lowest BCUT2D eigenvalue weighted by atomic mass is 9.80. The Morgan fingerprint density at radius 3 is 0.402 bits per heavy atom. The summed E-state index contributed by atoms with van der Waals surface area (Å²) in [6.45, 7) is 0. The predicted molar refractivity (Wildman–Crippen MR) is 428 cm³/mol. The molecule has 16 aromatic rings. The average molecular weight is 1300 g/mol. The lowest BCUT2D eigenvalue weighted by Gasteiger charge is -2.23. The molecule has 0 aliphatic heterocycles. The number of rotatable bonds is 15. The molecule has 0 nitrogen and oxygen atoms in total. The van der Waals surface area contributed by atoms with Crippen molar-refractivity contribution in [2.24, 2.45) is 0 Å². The van der Waals surface area contributed by atoms with Crippen LogP contribution in [0.1, 0.15) is 45.2 Å². The Bertz CT molecular complexity index is 5260. The summed E-state index contributed by atoms with van der Waals surface area (Å²) in [5, 5.41) is 5.06. The molecule has 0 saturated carbocycles. The van der Waals surface area contributed by atoms with E-state index < -0.39 is 0 Å². The average Bonchev–Trinajstić information content (AvgIpc) is 1.51. The molecule has 2 aliphatic carbocycles. The van der Waals surface area contributed by atoms with Gasteiger partial charge in [0.05, 0.1) is 0 Å². The van der Waals surface area contributed by atoms with Crippen LogP contribution in [0.3, 0.4) is 0 Å². The molecule has 0 radical (unpaired) electrons. The third-order valence-corrected chi connectivity index (χ3v) is 20.9. The van der Waals surface area contributed by atoms with Gasteiger partial charge in [0.1, 0.15) is 0 Å². The molecule has 0 bridgehead atoms. The molecule has 0 unspecified atom stereocenters. The molecule has 0 saturated heterocycles. The predicted octanol–water partition coefficient (Wildman–Crippen LogP) is 23.1. The Hall–Kier alpha value is -13.0. The molecular weight excluding hydrogens is 1230 g/mol. The highest BCUT2D eigenvalue weighted by Gasteiger charge is 2.38. The Balaban J connectivity index is 0.885. The van der Waals surface area contributed by atoms with Gasteiger partial charge in [-0.15, -0.1) is 0 Å². The lowest BCUT2D eigenvalue weighted by Crippen LogP contribution is -2.31. The molecule has 0 fully saturated rings. The van der Waals surface area contributed by atoms with E-state index in [1.54, 1.807) is 0 Å². The van der Waals surface area contributed by atoms with E-state index >= 15 is 0 Å². The van der Waals surface area contributed by atoms with Crippen LogP contribution in [0.2, 0.25) is 0 Å². The summed E-state index contributed by atoms with van der Waals surface area (Å²) in [5.74, 6) is -0.342. The topological polar surface area (TPSA) is 0 Å². The minimum atomic E-state index is -0.171. The van der Waals surface area contributed by atoms with Crippen molar-refractivity contribution in [2.45, 2.75) is 11.8 Å². The van der Waals surface area contributed by atoms with Gasteiger partial charge in [-0.2, -0.15) is 0 Å². The van der Waals surface area contributed by atoms with Crippen molar-refractivity contribution in [3.05, 3.63) is 467 Å². The Morgan fingerprint density at radius 1 is 0.108 bits per heavy atom. The van der Waals surface area contributed by atoms with E-state index in [9.17, 15) is 0 Å². The number of fused-ring (bicyclic) bond motifs is 2. The number of hydrogen-bond acceptors (Lipinski definition) is 0. The van der Waals surface area contributed by atoms with Crippen LogP contribution in [0.15, 0.2) is 413 Å². The van der Waals surface area contributed by atoms with Gasteiger partial charge >= 0.3 is 0 Å².